The Labute approximate surface area is 178 Å². The molecule has 0 radical (unpaired) electrons. The van der Waals surface area contributed by atoms with E-state index in [1.165, 1.54) is 7.05 Å². The number of allylic oxidation sites excluding steroid dienone is 1. The molecular weight excluding hydrogens is 396 g/mol. The van der Waals surface area contributed by atoms with Gasteiger partial charge in [0.05, 0.1) is 16.8 Å². The Morgan fingerprint density at radius 2 is 1.97 bits per heavy atom. The van der Waals surface area contributed by atoms with E-state index < -0.39 is 5.97 Å². The third-order valence-corrected chi connectivity index (χ3v) is 5.50. The number of amides is 1. The van der Waals surface area contributed by atoms with Crippen molar-refractivity contribution in [3.8, 4) is 11.5 Å². The number of esters is 1. The minimum atomic E-state index is -0.511. The van der Waals surface area contributed by atoms with Crippen LogP contribution in [0.4, 0.5) is 0 Å². The van der Waals surface area contributed by atoms with Gasteiger partial charge in [0.25, 0.3) is 5.91 Å². The number of ether oxygens (including phenoxy) is 3. The molecule has 156 valence electrons. The number of rotatable bonds is 4. The number of nitrogens with one attached hydrogen (secondary N) is 1. The molecule has 0 fully saturated rings. The molecule has 5 rings (SSSR count). The minimum absolute atomic E-state index is 0.229. The van der Waals surface area contributed by atoms with Crippen molar-refractivity contribution in [3.63, 3.8) is 0 Å². The zero-order chi connectivity index (χ0) is 21.4. The largest absolute Gasteiger partial charge is 0.454 e. The van der Waals surface area contributed by atoms with E-state index in [0.717, 1.165) is 45.7 Å². The van der Waals surface area contributed by atoms with Crippen LogP contribution in [-0.2, 0) is 16.0 Å². The number of fused-ring (bicyclic) bond motifs is 3. The summed E-state index contributed by atoms with van der Waals surface area (Å²) in [6.07, 6.45) is 3.49. The van der Waals surface area contributed by atoms with Gasteiger partial charge in [0.2, 0.25) is 6.79 Å². The van der Waals surface area contributed by atoms with Gasteiger partial charge in [0.1, 0.15) is 0 Å². The molecular formula is C24H20N2O5. The average molecular weight is 416 g/mol. The molecule has 0 bridgehead atoms. The van der Waals surface area contributed by atoms with Crippen LogP contribution in [-0.4, -0.2) is 37.3 Å². The topological polar surface area (TPSA) is 86.8 Å². The zero-order valence-electron chi connectivity index (χ0n) is 16.9. The van der Waals surface area contributed by atoms with Gasteiger partial charge in [0, 0.05) is 12.4 Å². The van der Waals surface area contributed by atoms with Crippen molar-refractivity contribution in [3.05, 3.63) is 64.8 Å². The molecule has 1 aromatic heterocycles. The van der Waals surface area contributed by atoms with E-state index in [2.05, 4.69) is 11.4 Å². The molecule has 2 heterocycles. The Kier molecular flexibility index (Phi) is 4.78. The van der Waals surface area contributed by atoms with Crippen molar-refractivity contribution in [2.24, 2.45) is 0 Å². The fraction of sp³-hybridized carbons (Fsp3) is 0.208. The SMILES string of the molecule is CNC(=O)COC(=O)c1c2c(nc3ccccc13)C(=Cc1ccc3c(c1)OCO3)CC2. The maximum Gasteiger partial charge on any atom is 0.339 e. The highest BCUT2D eigenvalue weighted by atomic mass is 16.7. The maximum absolute atomic E-state index is 13.0. The molecule has 31 heavy (non-hydrogen) atoms. The molecule has 3 aromatic rings. The molecule has 1 N–H and O–H groups in total. The summed E-state index contributed by atoms with van der Waals surface area (Å²) in [7, 11) is 1.50. The lowest BCUT2D eigenvalue weighted by Crippen LogP contribution is -2.25. The molecule has 1 amide bonds. The lowest BCUT2D eigenvalue weighted by Gasteiger charge is -2.12. The van der Waals surface area contributed by atoms with Crippen molar-refractivity contribution in [2.75, 3.05) is 20.4 Å². The highest BCUT2D eigenvalue weighted by molar-refractivity contribution is 6.07. The summed E-state index contributed by atoms with van der Waals surface area (Å²) in [5.41, 5.74) is 4.87. The Morgan fingerprint density at radius 1 is 1.13 bits per heavy atom. The summed E-state index contributed by atoms with van der Waals surface area (Å²) in [6, 6.07) is 13.3. The first kappa shape index (κ1) is 19.1. The number of carbonyl (C=O) groups excluding carboxylic acids is 2. The fourth-order valence-corrected chi connectivity index (χ4v) is 3.99. The molecule has 0 saturated heterocycles. The normalized spacial score (nSPS) is 15.2. The first-order valence-electron chi connectivity index (χ1n) is 10.0. The molecule has 7 heteroatoms. The molecule has 0 atom stereocenters. The van der Waals surface area contributed by atoms with Crippen molar-refractivity contribution in [1.82, 2.24) is 10.3 Å². The Morgan fingerprint density at radius 3 is 2.84 bits per heavy atom. The van der Waals surface area contributed by atoms with Gasteiger partial charge in [0.15, 0.2) is 18.1 Å². The Balaban J connectivity index is 1.57. The second-order valence-corrected chi connectivity index (χ2v) is 7.36. The number of pyridine rings is 1. The predicted octanol–water partition coefficient (Wildman–Crippen LogP) is 3.35. The van der Waals surface area contributed by atoms with E-state index >= 15 is 0 Å². The van der Waals surface area contributed by atoms with E-state index in [4.69, 9.17) is 19.2 Å². The van der Waals surface area contributed by atoms with Gasteiger partial charge in [-0.15, -0.1) is 0 Å². The molecule has 2 aromatic carbocycles. The molecule has 2 aliphatic rings. The molecule has 1 aliphatic carbocycles. The van der Waals surface area contributed by atoms with E-state index in [9.17, 15) is 9.59 Å². The first-order chi connectivity index (χ1) is 15.1. The number of carbonyl (C=O) groups is 2. The van der Waals surface area contributed by atoms with E-state index in [0.29, 0.717) is 17.5 Å². The quantitative estimate of drug-likeness (QED) is 0.657. The van der Waals surface area contributed by atoms with Crippen molar-refractivity contribution in [1.29, 1.82) is 0 Å². The monoisotopic (exact) mass is 416 g/mol. The lowest BCUT2D eigenvalue weighted by atomic mass is 10.0. The lowest BCUT2D eigenvalue weighted by molar-refractivity contribution is -0.123. The van der Waals surface area contributed by atoms with Gasteiger partial charge >= 0.3 is 5.97 Å². The van der Waals surface area contributed by atoms with Gasteiger partial charge in [-0.2, -0.15) is 0 Å². The molecule has 1 aliphatic heterocycles. The molecule has 0 unspecified atom stereocenters. The van der Waals surface area contributed by atoms with Crippen LogP contribution in [0.25, 0.3) is 22.6 Å². The summed E-state index contributed by atoms with van der Waals surface area (Å²) in [5.74, 6) is 0.589. The van der Waals surface area contributed by atoms with Crippen LogP contribution >= 0.6 is 0 Å². The third kappa shape index (κ3) is 3.48. The minimum Gasteiger partial charge on any atom is -0.454 e. The van der Waals surface area contributed by atoms with Gasteiger partial charge in [-0.1, -0.05) is 24.3 Å². The average Bonchev–Trinajstić information content (AvgIpc) is 3.42. The van der Waals surface area contributed by atoms with Gasteiger partial charge in [-0.25, -0.2) is 9.78 Å². The zero-order valence-corrected chi connectivity index (χ0v) is 16.9. The van der Waals surface area contributed by atoms with Crippen molar-refractivity contribution >= 4 is 34.4 Å². The number of para-hydroxylation sites is 1. The highest BCUT2D eigenvalue weighted by Crippen LogP contribution is 2.39. The number of nitrogens with zero attached hydrogens (tertiary/aromatic N) is 1. The van der Waals surface area contributed by atoms with E-state index in [-0.39, 0.29) is 19.3 Å². The highest BCUT2D eigenvalue weighted by Gasteiger charge is 2.28. The Hall–Kier alpha value is -3.87. The van der Waals surface area contributed by atoms with Gasteiger partial charge in [-0.05, 0) is 53.8 Å². The maximum atomic E-state index is 13.0. The predicted molar refractivity (Wildman–Crippen MR) is 115 cm³/mol. The van der Waals surface area contributed by atoms with Crippen LogP contribution in [0.2, 0.25) is 0 Å². The number of benzene rings is 2. The summed E-state index contributed by atoms with van der Waals surface area (Å²) < 4.78 is 16.1. The summed E-state index contributed by atoms with van der Waals surface area (Å²) in [6.45, 7) is -0.0894. The molecule has 7 nitrogen and oxygen atoms in total. The number of hydrogen-bond donors (Lipinski definition) is 1. The van der Waals surface area contributed by atoms with E-state index in [1.807, 2.05) is 42.5 Å². The summed E-state index contributed by atoms with van der Waals surface area (Å²) >= 11 is 0. The van der Waals surface area contributed by atoms with Crippen LogP contribution in [0.15, 0.2) is 42.5 Å². The van der Waals surface area contributed by atoms with Crippen LogP contribution in [0.1, 0.15) is 33.6 Å². The summed E-state index contributed by atoms with van der Waals surface area (Å²) in [5, 5.41) is 3.19. The van der Waals surface area contributed by atoms with Crippen LogP contribution < -0.4 is 14.8 Å². The smallest absolute Gasteiger partial charge is 0.339 e. The molecule has 0 saturated carbocycles. The first-order valence-corrected chi connectivity index (χ1v) is 10.0. The second-order valence-electron chi connectivity index (χ2n) is 7.36. The van der Waals surface area contributed by atoms with Gasteiger partial charge in [-0.3, -0.25) is 4.79 Å². The fourth-order valence-electron chi connectivity index (χ4n) is 3.99. The third-order valence-electron chi connectivity index (χ3n) is 5.50. The second kappa shape index (κ2) is 7.75. The van der Waals surface area contributed by atoms with E-state index in [1.54, 1.807) is 0 Å². The summed E-state index contributed by atoms with van der Waals surface area (Å²) in [4.78, 5) is 29.4. The van der Waals surface area contributed by atoms with Crippen LogP contribution in [0, 0.1) is 0 Å². The van der Waals surface area contributed by atoms with Crippen LogP contribution in [0.3, 0.4) is 0 Å². The number of likely N-dealkylation sites (N-methyl/N-ethyl adjacent to an activating group) is 1. The van der Waals surface area contributed by atoms with Gasteiger partial charge < -0.3 is 19.5 Å². The standard InChI is InChI=1S/C24H20N2O5/c1-25-21(27)12-29-24(28)22-16-4-2-3-5-18(16)26-23-15(7-8-17(22)23)10-14-6-9-19-20(11-14)31-13-30-19/h2-6,9-11H,7-8,12-13H2,1H3,(H,25,27). The van der Waals surface area contributed by atoms with Crippen LogP contribution in [0.5, 0.6) is 11.5 Å². The Bertz CT molecular complexity index is 1250. The molecule has 0 spiro atoms. The van der Waals surface area contributed by atoms with Crippen molar-refractivity contribution in [2.45, 2.75) is 12.8 Å². The van der Waals surface area contributed by atoms with Crippen molar-refractivity contribution < 1.29 is 23.8 Å². The number of aromatic nitrogens is 1. The number of hydrogen-bond acceptors (Lipinski definition) is 6.